The van der Waals surface area contributed by atoms with Crippen molar-refractivity contribution in [2.45, 2.75) is 19.3 Å². The number of rotatable bonds is 4. The van der Waals surface area contributed by atoms with E-state index < -0.39 is 0 Å². The molecule has 2 aliphatic heterocycles. The lowest BCUT2D eigenvalue weighted by Crippen LogP contribution is -2.16. The third-order valence-corrected chi connectivity index (χ3v) is 13.4. The Bertz CT molecular complexity index is 3270. The van der Waals surface area contributed by atoms with Crippen LogP contribution in [-0.2, 0) is 5.41 Å². The highest BCUT2D eigenvalue weighted by atomic mass is 16.5. The van der Waals surface area contributed by atoms with Gasteiger partial charge < -0.3 is 19.3 Å². The number of para-hydroxylation sites is 8. The highest BCUT2D eigenvalue weighted by Crippen LogP contribution is 2.56. The summed E-state index contributed by atoms with van der Waals surface area (Å²) in [5.74, 6) is 3.32. The first-order valence-electron chi connectivity index (χ1n) is 21.7. The summed E-state index contributed by atoms with van der Waals surface area (Å²) in [4.78, 5) is 4.69. The van der Waals surface area contributed by atoms with E-state index in [0.717, 1.165) is 62.7 Å². The molecular formula is C59H40N2O2. The van der Waals surface area contributed by atoms with Crippen LogP contribution in [0, 0.1) is 0 Å². The van der Waals surface area contributed by atoms with E-state index >= 15 is 0 Å². The van der Waals surface area contributed by atoms with E-state index in [1.165, 1.54) is 60.5 Å². The summed E-state index contributed by atoms with van der Waals surface area (Å²) >= 11 is 0. The molecule has 0 spiro atoms. The molecule has 0 amide bonds. The lowest BCUT2D eigenvalue weighted by molar-refractivity contribution is 0.477. The highest BCUT2D eigenvalue weighted by Gasteiger charge is 2.36. The maximum Gasteiger partial charge on any atom is 0.151 e. The van der Waals surface area contributed by atoms with Crippen LogP contribution in [0.3, 0.4) is 0 Å². The number of hydrogen-bond donors (Lipinski definition) is 0. The Hall–Kier alpha value is -8.08. The molecule has 0 saturated heterocycles. The van der Waals surface area contributed by atoms with Crippen LogP contribution in [0.1, 0.15) is 25.0 Å². The average Bonchev–Trinajstić information content (AvgIpc) is 3.56. The van der Waals surface area contributed by atoms with E-state index in [1.807, 2.05) is 24.3 Å². The molecule has 3 aliphatic rings. The second-order valence-corrected chi connectivity index (χ2v) is 17.3. The van der Waals surface area contributed by atoms with Crippen molar-refractivity contribution < 1.29 is 9.47 Å². The third kappa shape index (κ3) is 5.28. The number of hydrogen-bond acceptors (Lipinski definition) is 4. The molecule has 0 aromatic heterocycles. The van der Waals surface area contributed by atoms with Gasteiger partial charge in [0.1, 0.15) is 0 Å². The van der Waals surface area contributed by atoms with Crippen LogP contribution in [-0.4, -0.2) is 0 Å². The molecule has 0 N–H and O–H groups in total. The number of ether oxygens (including phenoxy) is 2. The third-order valence-electron chi connectivity index (χ3n) is 13.4. The first-order chi connectivity index (χ1) is 31.0. The first-order valence-corrected chi connectivity index (χ1v) is 21.7. The maximum absolute atomic E-state index is 6.49. The van der Waals surface area contributed by atoms with E-state index in [0.29, 0.717) is 0 Å². The number of fused-ring (bicyclic) bond motifs is 9. The Kier molecular flexibility index (Phi) is 7.62. The largest absolute Gasteiger partial charge is 0.453 e. The zero-order chi connectivity index (χ0) is 41.8. The summed E-state index contributed by atoms with van der Waals surface area (Å²) in [6.45, 7) is 4.73. The van der Waals surface area contributed by atoms with Gasteiger partial charge in [-0.2, -0.15) is 0 Å². The van der Waals surface area contributed by atoms with Gasteiger partial charge in [0.2, 0.25) is 0 Å². The molecule has 4 heteroatoms. The van der Waals surface area contributed by atoms with E-state index in [1.54, 1.807) is 0 Å². The molecule has 0 unspecified atom stereocenters. The number of nitrogens with zero attached hydrogens (tertiary/aromatic N) is 2. The second kappa shape index (κ2) is 13.5. The molecule has 0 bridgehead atoms. The van der Waals surface area contributed by atoms with Crippen LogP contribution in [0.15, 0.2) is 206 Å². The quantitative estimate of drug-likeness (QED) is 0.165. The molecule has 10 aromatic rings. The topological polar surface area (TPSA) is 24.9 Å². The van der Waals surface area contributed by atoms with Crippen LogP contribution >= 0.6 is 0 Å². The number of benzene rings is 10. The van der Waals surface area contributed by atoms with Crippen LogP contribution in [0.2, 0.25) is 0 Å². The van der Waals surface area contributed by atoms with Gasteiger partial charge in [-0.25, -0.2) is 0 Å². The van der Waals surface area contributed by atoms with Gasteiger partial charge >= 0.3 is 0 Å². The fraction of sp³-hybridized carbons (Fsp3) is 0.0508. The van der Waals surface area contributed by atoms with Crippen molar-refractivity contribution in [1.82, 2.24) is 0 Å². The summed E-state index contributed by atoms with van der Waals surface area (Å²) in [5, 5.41) is 4.74. The van der Waals surface area contributed by atoms with Crippen molar-refractivity contribution in [3.63, 3.8) is 0 Å². The summed E-state index contributed by atoms with van der Waals surface area (Å²) in [6, 6.07) is 74.3. The Morgan fingerprint density at radius 3 is 1.29 bits per heavy atom. The Morgan fingerprint density at radius 1 is 0.333 bits per heavy atom. The normalized spacial score (nSPS) is 13.9. The fourth-order valence-corrected chi connectivity index (χ4v) is 10.5. The zero-order valence-corrected chi connectivity index (χ0v) is 34.8. The van der Waals surface area contributed by atoms with Gasteiger partial charge in [-0.3, -0.25) is 0 Å². The number of anilines is 6. The Balaban J connectivity index is 1.13. The molecule has 10 aromatic carbocycles. The lowest BCUT2D eigenvalue weighted by atomic mass is 9.80. The fourth-order valence-electron chi connectivity index (χ4n) is 10.5. The standard InChI is InChI=1S/C59H40N2O2/c1-59(2)47-19-7-6-18-41(47)42-31-28-38(34-48(42)59)58-43-32-29-39(60-49-20-8-12-24-53(49)62-54-25-13-9-21-50(54)60)35-45(43)57(37-16-4-3-5-17-37)46-36-40(30-33-44(46)58)61-51-22-10-14-26-55(51)63-56-27-15-11-23-52(56)61/h3-36H,1-2H3. The minimum absolute atomic E-state index is 0.147. The van der Waals surface area contributed by atoms with Crippen molar-refractivity contribution in [1.29, 1.82) is 0 Å². The molecular weight excluding hydrogens is 769 g/mol. The summed E-state index contributed by atoms with van der Waals surface area (Å²) in [6.07, 6.45) is 0. The Labute approximate surface area is 366 Å². The lowest BCUT2D eigenvalue weighted by Gasteiger charge is -2.33. The summed E-state index contributed by atoms with van der Waals surface area (Å²) < 4.78 is 13.0. The van der Waals surface area contributed by atoms with Crippen molar-refractivity contribution in [2.24, 2.45) is 0 Å². The van der Waals surface area contributed by atoms with Gasteiger partial charge in [0.25, 0.3) is 0 Å². The SMILES string of the molecule is CC1(C)c2ccccc2-c2ccc(-c3c4ccc(N5c6ccccc6Oc6ccccc65)cc4c(-c4ccccc4)c4cc(N5c6ccccc6Oc6ccccc65)ccc34)cc21. The maximum atomic E-state index is 6.49. The van der Waals surface area contributed by atoms with E-state index in [2.05, 4.69) is 206 Å². The van der Waals surface area contributed by atoms with Gasteiger partial charge in [0, 0.05) is 16.8 Å². The predicted molar refractivity (Wildman–Crippen MR) is 259 cm³/mol. The molecule has 0 fully saturated rings. The van der Waals surface area contributed by atoms with Crippen molar-refractivity contribution in [3.8, 4) is 56.4 Å². The van der Waals surface area contributed by atoms with Gasteiger partial charge in [-0.1, -0.05) is 141 Å². The summed E-state index contributed by atoms with van der Waals surface area (Å²) in [5.41, 5.74) is 16.1. The average molecular weight is 809 g/mol. The van der Waals surface area contributed by atoms with Gasteiger partial charge in [-0.15, -0.1) is 0 Å². The van der Waals surface area contributed by atoms with Crippen molar-refractivity contribution in [2.75, 3.05) is 9.80 Å². The molecule has 0 radical (unpaired) electrons. The second-order valence-electron chi connectivity index (χ2n) is 17.3. The molecule has 298 valence electrons. The van der Waals surface area contributed by atoms with Gasteiger partial charge in [-0.05, 0) is 145 Å². The molecule has 0 saturated carbocycles. The van der Waals surface area contributed by atoms with Crippen LogP contribution in [0.25, 0.3) is 54.9 Å². The minimum atomic E-state index is -0.147. The van der Waals surface area contributed by atoms with E-state index in [4.69, 9.17) is 9.47 Å². The first kappa shape index (κ1) is 35.7. The molecule has 63 heavy (non-hydrogen) atoms. The zero-order valence-electron chi connectivity index (χ0n) is 34.8. The van der Waals surface area contributed by atoms with Gasteiger partial charge in [0.05, 0.1) is 22.7 Å². The van der Waals surface area contributed by atoms with E-state index in [9.17, 15) is 0 Å². The highest BCUT2D eigenvalue weighted by molar-refractivity contribution is 6.23. The molecule has 1 aliphatic carbocycles. The van der Waals surface area contributed by atoms with Crippen LogP contribution in [0.5, 0.6) is 23.0 Å². The molecule has 4 nitrogen and oxygen atoms in total. The monoisotopic (exact) mass is 808 g/mol. The van der Waals surface area contributed by atoms with Gasteiger partial charge in [0.15, 0.2) is 23.0 Å². The summed E-state index contributed by atoms with van der Waals surface area (Å²) in [7, 11) is 0. The van der Waals surface area contributed by atoms with E-state index in [-0.39, 0.29) is 5.41 Å². The molecule has 2 heterocycles. The van der Waals surface area contributed by atoms with Crippen LogP contribution in [0.4, 0.5) is 34.1 Å². The minimum Gasteiger partial charge on any atom is -0.453 e. The van der Waals surface area contributed by atoms with Crippen molar-refractivity contribution in [3.05, 3.63) is 217 Å². The predicted octanol–water partition coefficient (Wildman–Crippen LogP) is 16.8. The molecule has 0 atom stereocenters. The molecule has 13 rings (SSSR count). The Morgan fingerprint density at radius 2 is 0.762 bits per heavy atom. The smallest absolute Gasteiger partial charge is 0.151 e. The van der Waals surface area contributed by atoms with Crippen molar-refractivity contribution >= 4 is 55.7 Å². The van der Waals surface area contributed by atoms with Crippen LogP contribution < -0.4 is 19.3 Å².